The van der Waals surface area contributed by atoms with Gasteiger partial charge in [-0.25, -0.2) is 4.90 Å². The quantitative estimate of drug-likeness (QED) is 0.727. The van der Waals surface area contributed by atoms with Gasteiger partial charge in [-0.1, -0.05) is 6.07 Å². The van der Waals surface area contributed by atoms with E-state index in [0.29, 0.717) is 12.8 Å². The Balaban J connectivity index is 1.75. The van der Waals surface area contributed by atoms with Crippen LogP contribution in [-0.4, -0.2) is 35.7 Å². The summed E-state index contributed by atoms with van der Waals surface area (Å²) in [6, 6.07) is 3.82. The van der Waals surface area contributed by atoms with Crippen molar-refractivity contribution in [2.24, 2.45) is 17.8 Å². The second-order valence-electron chi connectivity index (χ2n) is 6.81. The maximum absolute atomic E-state index is 12.9. The van der Waals surface area contributed by atoms with Crippen LogP contribution in [0.1, 0.15) is 18.4 Å². The summed E-state index contributed by atoms with van der Waals surface area (Å²) in [5, 5.41) is 0. The van der Waals surface area contributed by atoms with Gasteiger partial charge < -0.3 is 4.90 Å². The van der Waals surface area contributed by atoms with E-state index in [1.807, 2.05) is 0 Å². The fraction of sp³-hybridized carbons (Fsp3) is 0.471. The van der Waals surface area contributed by atoms with Gasteiger partial charge in [0.2, 0.25) is 17.7 Å². The van der Waals surface area contributed by atoms with E-state index in [-0.39, 0.29) is 17.6 Å². The minimum absolute atomic E-state index is 0.0891. The normalized spacial score (nSPS) is 31.8. The fourth-order valence-electron chi connectivity index (χ4n) is 4.46. The van der Waals surface area contributed by atoms with E-state index in [1.165, 1.54) is 17.0 Å². The van der Waals surface area contributed by atoms with E-state index in [2.05, 4.69) is 0 Å². The monoisotopic (exact) mass is 352 g/mol. The average Bonchev–Trinajstić information content (AvgIpc) is 2.83. The maximum atomic E-state index is 12.9. The molecule has 1 saturated carbocycles. The van der Waals surface area contributed by atoms with Crippen molar-refractivity contribution < 1.29 is 27.6 Å². The molecule has 4 atom stereocenters. The number of nitrogens with zero attached hydrogens (tertiary/aromatic N) is 2. The summed E-state index contributed by atoms with van der Waals surface area (Å²) in [5.74, 6) is -3.22. The van der Waals surface area contributed by atoms with Crippen molar-refractivity contribution in [2.45, 2.75) is 25.1 Å². The second-order valence-corrected chi connectivity index (χ2v) is 6.81. The molecule has 3 amide bonds. The molecule has 1 aromatic rings. The first kappa shape index (κ1) is 16.1. The van der Waals surface area contributed by atoms with Gasteiger partial charge in [-0.2, -0.15) is 13.2 Å². The molecular formula is C17H15F3N2O3. The lowest BCUT2D eigenvalue weighted by molar-refractivity contribution is -0.158. The molecule has 0 N–H and O–H groups in total. The average molecular weight is 352 g/mol. The van der Waals surface area contributed by atoms with Crippen molar-refractivity contribution in [2.75, 3.05) is 11.9 Å². The number of carbonyl (C=O) groups excluding carboxylic acids is 3. The highest BCUT2D eigenvalue weighted by Gasteiger charge is 2.63. The van der Waals surface area contributed by atoms with E-state index < -0.39 is 41.3 Å². The number of rotatable bonds is 1. The topological polar surface area (TPSA) is 57.7 Å². The van der Waals surface area contributed by atoms with E-state index in [9.17, 15) is 27.6 Å². The van der Waals surface area contributed by atoms with Crippen LogP contribution < -0.4 is 4.90 Å². The molecule has 3 aliphatic heterocycles. The molecule has 3 saturated heterocycles. The van der Waals surface area contributed by atoms with Gasteiger partial charge in [0.25, 0.3) is 0 Å². The standard InChI is InChI=1S/C17H15F3N2O3/c1-21-11-6-5-10(14(21)23)12-13(11)16(25)22(15(12)24)9-4-2-3-8(7-9)17(18,19)20/h2-4,7,10-13H,5-6H2,1H3/t10?,11?,12?,13-/m1/s1. The molecule has 4 fully saturated rings. The summed E-state index contributed by atoms with van der Waals surface area (Å²) in [7, 11) is 1.61. The van der Waals surface area contributed by atoms with Crippen LogP contribution in [0.3, 0.4) is 0 Å². The highest BCUT2D eigenvalue weighted by Crippen LogP contribution is 2.49. The first-order chi connectivity index (χ1) is 11.7. The van der Waals surface area contributed by atoms with Crippen LogP contribution >= 0.6 is 0 Å². The first-order valence-electron chi connectivity index (χ1n) is 8.03. The van der Waals surface area contributed by atoms with Gasteiger partial charge in [0.15, 0.2) is 0 Å². The maximum Gasteiger partial charge on any atom is 0.416 e. The van der Waals surface area contributed by atoms with Crippen LogP contribution in [0.25, 0.3) is 0 Å². The second kappa shape index (κ2) is 5.06. The van der Waals surface area contributed by atoms with Gasteiger partial charge in [-0.05, 0) is 31.0 Å². The number of hydrogen-bond acceptors (Lipinski definition) is 3. The number of hydrogen-bond donors (Lipinski definition) is 0. The van der Waals surface area contributed by atoms with Crippen molar-refractivity contribution >= 4 is 23.4 Å². The van der Waals surface area contributed by atoms with Crippen LogP contribution in [0.5, 0.6) is 0 Å². The van der Waals surface area contributed by atoms with E-state index in [0.717, 1.165) is 17.0 Å². The zero-order chi connectivity index (χ0) is 18.1. The molecule has 4 aliphatic rings. The highest BCUT2D eigenvalue weighted by molar-refractivity contribution is 6.23. The zero-order valence-electron chi connectivity index (χ0n) is 13.3. The number of fused-ring (bicyclic) bond motifs is 2. The van der Waals surface area contributed by atoms with Crippen LogP contribution in [-0.2, 0) is 20.6 Å². The lowest BCUT2D eigenvalue weighted by atomic mass is 9.66. The molecule has 25 heavy (non-hydrogen) atoms. The molecule has 5 nitrogen and oxygen atoms in total. The van der Waals surface area contributed by atoms with Crippen LogP contribution in [0.15, 0.2) is 24.3 Å². The third kappa shape index (κ3) is 2.12. The molecular weight excluding hydrogens is 337 g/mol. The minimum Gasteiger partial charge on any atom is -0.342 e. The van der Waals surface area contributed by atoms with Gasteiger partial charge >= 0.3 is 6.18 Å². The summed E-state index contributed by atoms with van der Waals surface area (Å²) in [5.41, 5.74) is -1.01. The van der Waals surface area contributed by atoms with Gasteiger partial charge in [-0.15, -0.1) is 0 Å². The minimum atomic E-state index is -4.57. The number of imide groups is 1. The van der Waals surface area contributed by atoms with Crippen LogP contribution in [0, 0.1) is 17.8 Å². The van der Waals surface area contributed by atoms with E-state index in [4.69, 9.17) is 0 Å². The Hall–Kier alpha value is -2.38. The Kier molecular flexibility index (Phi) is 3.26. The summed E-state index contributed by atoms with van der Waals surface area (Å²) < 4.78 is 38.8. The molecule has 132 valence electrons. The Bertz CT molecular complexity index is 792. The SMILES string of the molecule is CN1C(=O)C2CCC1[C@H]1C(=O)N(c3cccc(C(F)(F)F)c3)C(=O)C21. The number of amides is 3. The summed E-state index contributed by atoms with van der Waals surface area (Å²) in [6.45, 7) is 0. The Morgan fingerprint density at radius 2 is 1.68 bits per heavy atom. The predicted octanol–water partition coefficient (Wildman–Crippen LogP) is 2.06. The number of carbonyl (C=O) groups is 3. The molecule has 0 spiro atoms. The molecule has 5 rings (SSSR count). The van der Waals surface area contributed by atoms with Gasteiger partial charge in [-0.3, -0.25) is 14.4 Å². The fourth-order valence-corrected chi connectivity index (χ4v) is 4.46. The molecule has 3 heterocycles. The van der Waals surface area contributed by atoms with Gasteiger partial charge in [0.1, 0.15) is 0 Å². The van der Waals surface area contributed by atoms with Gasteiger partial charge in [0.05, 0.1) is 29.0 Å². The third-order valence-corrected chi connectivity index (χ3v) is 5.61. The molecule has 0 aromatic heterocycles. The van der Waals surface area contributed by atoms with Crippen molar-refractivity contribution in [3.05, 3.63) is 29.8 Å². The van der Waals surface area contributed by atoms with Crippen LogP contribution in [0.2, 0.25) is 0 Å². The predicted molar refractivity (Wildman–Crippen MR) is 80.2 cm³/mol. The lowest BCUT2D eigenvalue weighted by Crippen LogP contribution is -2.60. The number of piperidine rings is 2. The third-order valence-electron chi connectivity index (χ3n) is 5.61. The van der Waals surface area contributed by atoms with E-state index in [1.54, 1.807) is 7.05 Å². The largest absolute Gasteiger partial charge is 0.416 e. The molecule has 3 unspecified atom stereocenters. The van der Waals surface area contributed by atoms with Crippen molar-refractivity contribution in [1.82, 2.24) is 4.90 Å². The van der Waals surface area contributed by atoms with Crippen molar-refractivity contribution in [1.29, 1.82) is 0 Å². The smallest absolute Gasteiger partial charge is 0.342 e. The summed E-state index contributed by atoms with van der Waals surface area (Å²) in [6.07, 6.45) is -3.40. The Labute approximate surface area is 141 Å². The first-order valence-corrected chi connectivity index (χ1v) is 8.03. The molecule has 0 radical (unpaired) electrons. The summed E-state index contributed by atoms with van der Waals surface area (Å²) in [4.78, 5) is 40.3. The lowest BCUT2D eigenvalue weighted by Gasteiger charge is -2.47. The Morgan fingerprint density at radius 1 is 1.00 bits per heavy atom. The number of halogens is 3. The Morgan fingerprint density at radius 3 is 2.36 bits per heavy atom. The number of benzene rings is 1. The molecule has 1 aliphatic carbocycles. The van der Waals surface area contributed by atoms with E-state index >= 15 is 0 Å². The summed E-state index contributed by atoms with van der Waals surface area (Å²) >= 11 is 0. The van der Waals surface area contributed by atoms with Crippen molar-refractivity contribution in [3.63, 3.8) is 0 Å². The highest BCUT2D eigenvalue weighted by atomic mass is 19.4. The number of alkyl halides is 3. The molecule has 1 aromatic carbocycles. The van der Waals surface area contributed by atoms with Crippen molar-refractivity contribution in [3.8, 4) is 0 Å². The number of anilines is 1. The molecule has 2 bridgehead atoms. The zero-order valence-corrected chi connectivity index (χ0v) is 13.3. The molecule has 8 heteroatoms. The van der Waals surface area contributed by atoms with Crippen LogP contribution in [0.4, 0.5) is 18.9 Å². The van der Waals surface area contributed by atoms with Gasteiger partial charge in [0, 0.05) is 13.1 Å².